The molecule has 0 radical (unpaired) electrons. The number of pyridine rings is 1. The number of hydrogen-bond acceptors (Lipinski definition) is 4. The second-order valence-corrected chi connectivity index (χ2v) is 5.42. The molecule has 0 fully saturated rings. The summed E-state index contributed by atoms with van der Waals surface area (Å²) in [6, 6.07) is 10.4. The topological polar surface area (TPSA) is 50.2 Å². The first-order valence-electron chi connectivity index (χ1n) is 5.53. The summed E-state index contributed by atoms with van der Waals surface area (Å²) >= 11 is 7.01. The maximum absolute atomic E-state index is 12.3. The summed E-state index contributed by atoms with van der Waals surface area (Å²) in [7, 11) is 0. The highest BCUT2D eigenvalue weighted by molar-refractivity contribution is 7.21. The summed E-state index contributed by atoms with van der Waals surface area (Å²) in [5, 5.41) is 11.1. The number of nitrogens with zero attached hydrogens (tertiary/aromatic N) is 1. The average Bonchev–Trinajstić information content (AvgIpc) is 2.76. The van der Waals surface area contributed by atoms with Gasteiger partial charge in [0.25, 0.3) is 0 Å². The number of benzene rings is 1. The molecule has 0 saturated carbocycles. The Kier molecular flexibility index (Phi) is 2.97. The second kappa shape index (κ2) is 4.64. The lowest BCUT2D eigenvalue weighted by Crippen LogP contribution is -1.97. The largest absolute Gasteiger partial charge is 0.506 e. The van der Waals surface area contributed by atoms with Crippen molar-refractivity contribution in [3.8, 4) is 5.75 Å². The Balaban J connectivity index is 2.16. The second-order valence-electron chi connectivity index (χ2n) is 3.98. The Morgan fingerprint density at radius 3 is 2.74 bits per heavy atom. The number of aromatic hydroxyl groups is 1. The third kappa shape index (κ3) is 2.09. The Morgan fingerprint density at radius 1 is 1.26 bits per heavy atom. The van der Waals surface area contributed by atoms with Crippen LogP contribution in [0, 0.1) is 0 Å². The van der Waals surface area contributed by atoms with E-state index in [2.05, 4.69) is 4.98 Å². The van der Waals surface area contributed by atoms with Gasteiger partial charge >= 0.3 is 0 Å². The van der Waals surface area contributed by atoms with Gasteiger partial charge < -0.3 is 5.11 Å². The van der Waals surface area contributed by atoms with Gasteiger partial charge in [0.15, 0.2) is 0 Å². The van der Waals surface area contributed by atoms with Crippen LogP contribution in [-0.2, 0) is 0 Å². The van der Waals surface area contributed by atoms with Crippen LogP contribution in [0.15, 0.2) is 42.6 Å². The standard InChI is InChI=1S/C14H8ClNO2S/c15-9-6-10-12(18)13(19-14(10)16-7-9)11(17)8-4-2-1-3-5-8/h1-7,18H. The van der Waals surface area contributed by atoms with Crippen molar-refractivity contribution in [2.75, 3.05) is 0 Å². The number of thiophene rings is 1. The van der Waals surface area contributed by atoms with Crippen LogP contribution < -0.4 is 0 Å². The molecule has 3 nitrogen and oxygen atoms in total. The first-order chi connectivity index (χ1) is 9.16. The van der Waals surface area contributed by atoms with Crippen molar-refractivity contribution in [3.05, 3.63) is 58.1 Å². The molecule has 0 bridgehead atoms. The van der Waals surface area contributed by atoms with Crippen molar-refractivity contribution in [2.24, 2.45) is 0 Å². The molecule has 1 N–H and O–H groups in total. The summed E-state index contributed by atoms with van der Waals surface area (Å²) < 4.78 is 0. The Hall–Kier alpha value is -1.91. The van der Waals surface area contributed by atoms with Crippen LogP contribution in [0.1, 0.15) is 15.2 Å². The van der Waals surface area contributed by atoms with Crippen molar-refractivity contribution >= 4 is 38.9 Å². The number of ketones is 1. The maximum Gasteiger partial charge on any atom is 0.206 e. The lowest BCUT2D eigenvalue weighted by Gasteiger charge is -1.98. The van der Waals surface area contributed by atoms with Gasteiger partial charge in [-0.05, 0) is 6.07 Å². The van der Waals surface area contributed by atoms with Crippen molar-refractivity contribution in [2.45, 2.75) is 0 Å². The number of fused-ring (bicyclic) bond motifs is 1. The lowest BCUT2D eigenvalue weighted by molar-refractivity contribution is 0.104. The molecular weight excluding hydrogens is 282 g/mol. The van der Waals surface area contributed by atoms with Gasteiger partial charge in [-0.3, -0.25) is 4.79 Å². The van der Waals surface area contributed by atoms with E-state index in [1.165, 1.54) is 17.5 Å². The number of rotatable bonds is 2. The number of hydrogen-bond donors (Lipinski definition) is 1. The number of halogens is 1. The van der Waals surface area contributed by atoms with Crippen LogP contribution in [0.2, 0.25) is 5.02 Å². The third-order valence-corrected chi connectivity index (χ3v) is 4.04. The van der Waals surface area contributed by atoms with Gasteiger partial charge in [-0.25, -0.2) is 4.98 Å². The van der Waals surface area contributed by atoms with Gasteiger partial charge in [-0.15, -0.1) is 11.3 Å². The average molecular weight is 290 g/mol. The van der Waals surface area contributed by atoms with E-state index in [0.29, 0.717) is 20.8 Å². The molecule has 1 aromatic carbocycles. The zero-order chi connectivity index (χ0) is 13.4. The van der Waals surface area contributed by atoms with E-state index in [0.717, 1.165) is 0 Å². The summed E-state index contributed by atoms with van der Waals surface area (Å²) in [5.41, 5.74) is 0.537. The van der Waals surface area contributed by atoms with E-state index < -0.39 is 0 Å². The summed E-state index contributed by atoms with van der Waals surface area (Å²) in [6.45, 7) is 0. The Bertz CT molecular complexity index is 768. The van der Waals surface area contributed by atoms with Gasteiger partial charge in [0.1, 0.15) is 15.5 Å². The number of aromatic nitrogens is 1. The first kappa shape index (κ1) is 12.1. The molecule has 0 aliphatic carbocycles. The number of carbonyl (C=O) groups is 1. The van der Waals surface area contributed by atoms with Crippen molar-refractivity contribution in [1.82, 2.24) is 4.98 Å². The Labute approximate surface area is 118 Å². The normalized spacial score (nSPS) is 10.8. The predicted molar refractivity (Wildman–Crippen MR) is 76.2 cm³/mol. The zero-order valence-electron chi connectivity index (χ0n) is 9.63. The van der Waals surface area contributed by atoms with Crippen LogP contribution in [0.5, 0.6) is 5.75 Å². The van der Waals surface area contributed by atoms with E-state index in [9.17, 15) is 9.90 Å². The SMILES string of the molecule is O=C(c1ccccc1)c1sc2ncc(Cl)cc2c1O. The molecule has 2 heterocycles. The van der Waals surface area contributed by atoms with E-state index in [-0.39, 0.29) is 16.4 Å². The zero-order valence-corrected chi connectivity index (χ0v) is 11.2. The highest BCUT2D eigenvalue weighted by atomic mass is 35.5. The molecule has 0 spiro atoms. The third-order valence-electron chi connectivity index (χ3n) is 2.73. The van der Waals surface area contributed by atoms with Gasteiger partial charge in [0.2, 0.25) is 5.78 Å². The monoisotopic (exact) mass is 289 g/mol. The van der Waals surface area contributed by atoms with Crippen LogP contribution in [0.4, 0.5) is 0 Å². The fourth-order valence-electron chi connectivity index (χ4n) is 1.82. The molecule has 0 aliphatic rings. The minimum atomic E-state index is -0.211. The van der Waals surface area contributed by atoms with Gasteiger partial charge in [-0.1, -0.05) is 41.9 Å². The molecule has 94 valence electrons. The molecule has 0 unspecified atom stereocenters. The van der Waals surface area contributed by atoms with Crippen LogP contribution in [-0.4, -0.2) is 15.9 Å². The van der Waals surface area contributed by atoms with Crippen molar-refractivity contribution in [1.29, 1.82) is 0 Å². The molecule has 2 aromatic heterocycles. The van der Waals surface area contributed by atoms with Gasteiger partial charge in [-0.2, -0.15) is 0 Å². The minimum absolute atomic E-state index is 0.0520. The molecular formula is C14H8ClNO2S. The molecule has 3 rings (SSSR count). The fourth-order valence-corrected chi connectivity index (χ4v) is 2.96. The van der Waals surface area contributed by atoms with E-state index in [4.69, 9.17) is 11.6 Å². The molecule has 0 saturated heterocycles. The van der Waals surface area contributed by atoms with Crippen LogP contribution >= 0.6 is 22.9 Å². The summed E-state index contributed by atoms with van der Waals surface area (Å²) in [5.74, 6) is -0.263. The first-order valence-corrected chi connectivity index (χ1v) is 6.73. The molecule has 5 heteroatoms. The van der Waals surface area contributed by atoms with Crippen LogP contribution in [0.3, 0.4) is 0 Å². The van der Waals surface area contributed by atoms with Crippen molar-refractivity contribution < 1.29 is 9.90 Å². The molecule has 3 aromatic rings. The highest BCUT2D eigenvalue weighted by Crippen LogP contribution is 2.37. The smallest absolute Gasteiger partial charge is 0.206 e. The van der Waals surface area contributed by atoms with Gasteiger partial charge in [0.05, 0.1) is 10.4 Å². The maximum atomic E-state index is 12.3. The van der Waals surface area contributed by atoms with E-state index >= 15 is 0 Å². The van der Waals surface area contributed by atoms with E-state index in [1.807, 2.05) is 6.07 Å². The summed E-state index contributed by atoms with van der Waals surface area (Å²) in [6.07, 6.45) is 1.50. The predicted octanol–water partition coefficient (Wildman–Crippen LogP) is 3.89. The minimum Gasteiger partial charge on any atom is -0.506 e. The molecule has 0 aliphatic heterocycles. The Morgan fingerprint density at radius 2 is 2.00 bits per heavy atom. The summed E-state index contributed by atoms with van der Waals surface area (Å²) in [4.78, 5) is 17.3. The molecule has 0 atom stereocenters. The highest BCUT2D eigenvalue weighted by Gasteiger charge is 2.20. The van der Waals surface area contributed by atoms with Crippen molar-refractivity contribution in [3.63, 3.8) is 0 Å². The molecule has 0 amide bonds. The quantitative estimate of drug-likeness (QED) is 0.728. The van der Waals surface area contributed by atoms with Gasteiger partial charge in [0, 0.05) is 11.8 Å². The number of carbonyl (C=O) groups excluding carboxylic acids is 1. The lowest BCUT2D eigenvalue weighted by atomic mass is 10.1. The fraction of sp³-hybridized carbons (Fsp3) is 0. The van der Waals surface area contributed by atoms with Crippen LogP contribution in [0.25, 0.3) is 10.2 Å². The molecule has 19 heavy (non-hydrogen) atoms. The van der Waals surface area contributed by atoms with E-state index in [1.54, 1.807) is 30.3 Å².